The minimum atomic E-state index is -0.801. The molecule has 0 aromatic heterocycles. The Kier molecular flexibility index (Phi) is 8.36. The van der Waals surface area contributed by atoms with E-state index in [1.807, 2.05) is 20.8 Å². The van der Waals surface area contributed by atoms with Gasteiger partial charge < -0.3 is 19.9 Å². The molecule has 31 heavy (non-hydrogen) atoms. The summed E-state index contributed by atoms with van der Waals surface area (Å²) in [7, 11) is 0. The third-order valence-corrected chi connectivity index (χ3v) is 4.69. The maximum atomic E-state index is 12.4. The molecule has 0 heterocycles. The maximum absolute atomic E-state index is 12.4. The molecule has 0 bridgehead atoms. The van der Waals surface area contributed by atoms with Gasteiger partial charge in [0.1, 0.15) is 11.4 Å². The van der Waals surface area contributed by atoms with Gasteiger partial charge in [-0.1, -0.05) is 29.8 Å². The first-order valence-electron chi connectivity index (χ1n) is 10.4. The first-order valence-corrected chi connectivity index (χ1v) is 10.4. The number of carbonyl (C=O) groups is 2. The van der Waals surface area contributed by atoms with Gasteiger partial charge in [-0.25, -0.2) is 0 Å². The Hall–Kier alpha value is -2.70. The Morgan fingerprint density at radius 2 is 1.58 bits per heavy atom. The number of esters is 2. The van der Waals surface area contributed by atoms with Crippen molar-refractivity contribution in [1.29, 1.82) is 0 Å². The average Bonchev–Trinajstić information content (AvgIpc) is 2.63. The van der Waals surface area contributed by atoms with Gasteiger partial charge in [0.15, 0.2) is 0 Å². The second kappa shape index (κ2) is 10.6. The van der Waals surface area contributed by atoms with Gasteiger partial charge >= 0.3 is 11.9 Å². The Bertz CT molecular complexity index is 889. The number of hydrogen-bond acceptors (Lipinski definition) is 6. The lowest BCUT2D eigenvalue weighted by atomic mass is 9.97. The maximum Gasteiger partial charge on any atom is 0.320 e. The number of benzene rings is 2. The van der Waals surface area contributed by atoms with Crippen LogP contribution >= 0.6 is 0 Å². The molecule has 2 aromatic carbocycles. The van der Waals surface area contributed by atoms with E-state index in [4.69, 9.17) is 9.47 Å². The van der Waals surface area contributed by atoms with Crippen molar-refractivity contribution in [2.75, 3.05) is 13.1 Å². The zero-order chi connectivity index (χ0) is 23.2. The fraction of sp³-hybridized carbons (Fsp3) is 0.440. The quantitative estimate of drug-likeness (QED) is 0.493. The van der Waals surface area contributed by atoms with Gasteiger partial charge in [-0.15, -0.1) is 0 Å². The lowest BCUT2D eigenvalue weighted by molar-refractivity contribution is -0.153. The summed E-state index contributed by atoms with van der Waals surface area (Å²) in [6.07, 6.45) is -0.596. The van der Waals surface area contributed by atoms with Crippen molar-refractivity contribution in [2.24, 2.45) is 0 Å². The minimum Gasteiger partial charge on any atom is -0.459 e. The smallest absolute Gasteiger partial charge is 0.320 e. The third-order valence-electron chi connectivity index (χ3n) is 4.69. The number of rotatable bonds is 8. The highest BCUT2D eigenvalue weighted by Crippen LogP contribution is 2.20. The lowest BCUT2D eigenvalue weighted by Gasteiger charge is -2.20. The molecule has 1 atom stereocenters. The molecule has 0 aliphatic heterocycles. The number of aliphatic hydroxyl groups is 1. The van der Waals surface area contributed by atoms with E-state index in [2.05, 4.69) is 17.4 Å². The van der Waals surface area contributed by atoms with Gasteiger partial charge in [0.2, 0.25) is 0 Å². The Labute approximate surface area is 184 Å². The van der Waals surface area contributed by atoms with Crippen LogP contribution in [0.3, 0.4) is 0 Å². The van der Waals surface area contributed by atoms with Crippen molar-refractivity contribution in [2.45, 2.75) is 59.7 Å². The van der Waals surface area contributed by atoms with Gasteiger partial charge in [0, 0.05) is 6.54 Å². The van der Waals surface area contributed by atoms with E-state index in [0.717, 1.165) is 16.7 Å². The molecule has 0 aliphatic rings. The lowest BCUT2D eigenvalue weighted by Crippen LogP contribution is -2.33. The zero-order valence-electron chi connectivity index (χ0n) is 19.2. The van der Waals surface area contributed by atoms with E-state index in [-0.39, 0.29) is 31.4 Å². The summed E-state index contributed by atoms with van der Waals surface area (Å²) in [6, 6.07) is 10.8. The Balaban J connectivity index is 1.86. The van der Waals surface area contributed by atoms with Crippen molar-refractivity contribution in [3.63, 3.8) is 0 Å². The van der Waals surface area contributed by atoms with Crippen molar-refractivity contribution >= 4 is 11.9 Å². The van der Waals surface area contributed by atoms with Crippen molar-refractivity contribution in [3.8, 4) is 5.75 Å². The van der Waals surface area contributed by atoms with Crippen LogP contribution in [0.2, 0.25) is 0 Å². The highest BCUT2D eigenvalue weighted by atomic mass is 16.6. The molecule has 0 fully saturated rings. The minimum absolute atomic E-state index is 0.0157. The van der Waals surface area contributed by atoms with Crippen LogP contribution in [-0.2, 0) is 20.7 Å². The highest BCUT2D eigenvalue weighted by Gasteiger charge is 2.17. The molecule has 168 valence electrons. The van der Waals surface area contributed by atoms with Gasteiger partial charge in [-0.05, 0) is 75.9 Å². The predicted molar refractivity (Wildman–Crippen MR) is 120 cm³/mol. The highest BCUT2D eigenvalue weighted by molar-refractivity contribution is 5.76. The fourth-order valence-electron chi connectivity index (χ4n) is 3.37. The number of aryl methyl sites for hydroxylation is 3. The first-order chi connectivity index (χ1) is 14.4. The van der Waals surface area contributed by atoms with E-state index in [1.165, 1.54) is 5.56 Å². The van der Waals surface area contributed by atoms with Gasteiger partial charge in [-0.3, -0.25) is 9.59 Å². The fourth-order valence-corrected chi connectivity index (χ4v) is 3.37. The van der Waals surface area contributed by atoms with E-state index in [1.54, 1.807) is 45.0 Å². The average molecular weight is 428 g/mol. The van der Waals surface area contributed by atoms with Crippen molar-refractivity contribution < 1.29 is 24.2 Å². The number of carbonyl (C=O) groups excluding carboxylic acids is 2. The monoisotopic (exact) mass is 427 g/mol. The SMILES string of the molecule is Cc1cc(C)c(CC(=O)Oc2ccc(C(O)CNCC(=O)OC(C)(C)C)cc2)c(C)c1. The molecule has 0 aliphatic carbocycles. The third kappa shape index (κ3) is 8.15. The zero-order valence-corrected chi connectivity index (χ0v) is 19.2. The van der Waals surface area contributed by atoms with E-state index in [0.29, 0.717) is 11.3 Å². The normalized spacial score (nSPS) is 12.4. The Morgan fingerprint density at radius 1 is 1.00 bits per heavy atom. The van der Waals surface area contributed by atoms with Crippen LogP contribution in [-0.4, -0.2) is 35.7 Å². The molecule has 6 nitrogen and oxygen atoms in total. The van der Waals surface area contributed by atoms with Crippen LogP contribution in [0.5, 0.6) is 5.75 Å². The molecule has 0 radical (unpaired) electrons. The number of hydrogen-bond donors (Lipinski definition) is 2. The van der Waals surface area contributed by atoms with Gasteiger partial charge in [0.25, 0.3) is 0 Å². The molecule has 0 saturated carbocycles. The van der Waals surface area contributed by atoms with Crippen LogP contribution in [0.25, 0.3) is 0 Å². The van der Waals surface area contributed by atoms with Crippen LogP contribution in [0.4, 0.5) is 0 Å². The van der Waals surface area contributed by atoms with E-state index < -0.39 is 11.7 Å². The molecular weight excluding hydrogens is 394 g/mol. The van der Waals surface area contributed by atoms with Gasteiger partial charge in [0.05, 0.1) is 19.1 Å². The van der Waals surface area contributed by atoms with Crippen molar-refractivity contribution in [1.82, 2.24) is 5.32 Å². The molecule has 6 heteroatoms. The summed E-state index contributed by atoms with van der Waals surface area (Å²) in [5.41, 5.74) is 4.42. The molecule has 1 unspecified atom stereocenters. The summed E-state index contributed by atoms with van der Waals surface area (Å²) >= 11 is 0. The summed E-state index contributed by atoms with van der Waals surface area (Å²) in [6.45, 7) is 11.6. The second-order valence-electron chi connectivity index (χ2n) is 8.83. The predicted octanol–water partition coefficient (Wildman–Crippen LogP) is 3.72. The van der Waals surface area contributed by atoms with Gasteiger partial charge in [-0.2, -0.15) is 0 Å². The molecule has 0 amide bonds. The summed E-state index contributed by atoms with van der Waals surface area (Å²) in [5, 5.41) is 13.2. The summed E-state index contributed by atoms with van der Waals surface area (Å²) in [5.74, 6) is -0.284. The van der Waals surface area contributed by atoms with Crippen LogP contribution in [0.15, 0.2) is 36.4 Å². The van der Waals surface area contributed by atoms with Crippen molar-refractivity contribution in [3.05, 3.63) is 64.2 Å². The van der Waals surface area contributed by atoms with Crippen LogP contribution < -0.4 is 10.1 Å². The van der Waals surface area contributed by atoms with E-state index in [9.17, 15) is 14.7 Å². The molecule has 2 rings (SSSR count). The summed E-state index contributed by atoms with van der Waals surface area (Å²) in [4.78, 5) is 24.1. The standard InChI is InChI=1S/C25H33NO5/c1-16-11-17(2)21(18(3)12-16)13-23(28)30-20-9-7-19(8-10-20)22(27)14-26-15-24(29)31-25(4,5)6/h7-12,22,26-27H,13-15H2,1-6H3. The number of aliphatic hydroxyl groups excluding tert-OH is 1. The van der Waals surface area contributed by atoms with E-state index >= 15 is 0 Å². The first kappa shape index (κ1) is 24.6. The largest absolute Gasteiger partial charge is 0.459 e. The Morgan fingerprint density at radius 3 is 2.13 bits per heavy atom. The topological polar surface area (TPSA) is 84.9 Å². The summed E-state index contributed by atoms with van der Waals surface area (Å²) < 4.78 is 10.7. The molecular formula is C25H33NO5. The molecule has 0 spiro atoms. The number of nitrogens with one attached hydrogen (secondary N) is 1. The van der Waals surface area contributed by atoms with Crippen LogP contribution in [0, 0.1) is 20.8 Å². The molecule has 0 saturated heterocycles. The number of ether oxygens (including phenoxy) is 2. The molecule has 2 aromatic rings. The molecule has 2 N–H and O–H groups in total. The second-order valence-corrected chi connectivity index (χ2v) is 8.83. The van der Waals surface area contributed by atoms with Crippen LogP contribution in [0.1, 0.15) is 54.7 Å².